The second-order valence-electron chi connectivity index (χ2n) is 5.16. The largest absolute Gasteiger partial charge is 0.486 e. The molecule has 22 heavy (non-hydrogen) atoms. The maximum Gasteiger partial charge on any atom is 0.227 e. The molecule has 2 aliphatic heterocycles. The zero-order valence-electron chi connectivity index (χ0n) is 12.0. The maximum atomic E-state index is 12.2. The van der Waals surface area contributed by atoms with Gasteiger partial charge in [0.15, 0.2) is 11.5 Å². The second-order valence-corrected chi connectivity index (χ2v) is 5.16. The number of amides is 2. The fraction of sp³-hybridized carbons (Fsp3) is 0.375. The van der Waals surface area contributed by atoms with Crippen molar-refractivity contribution in [3.05, 3.63) is 18.2 Å². The predicted octanol–water partition coefficient (Wildman–Crippen LogP) is 0.560. The van der Waals surface area contributed by atoms with E-state index in [-0.39, 0.29) is 30.7 Å². The van der Waals surface area contributed by atoms with Crippen LogP contribution in [0.1, 0.15) is 6.42 Å². The van der Waals surface area contributed by atoms with Crippen LogP contribution in [0.5, 0.6) is 11.5 Å². The monoisotopic (exact) mass is 300 g/mol. The summed E-state index contributed by atoms with van der Waals surface area (Å²) in [4.78, 5) is 25.7. The van der Waals surface area contributed by atoms with E-state index in [9.17, 15) is 9.59 Å². The maximum absolute atomic E-state index is 12.2. The minimum atomic E-state index is -0.381. The zero-order valence-corrected chi connectivity index (χ0v) is 12.0. The molecule has 6 heteroatoms. The van der Waals surface area contributed by atoms with Gasteiger partial charge in [0, 0.05) is 24.7 Å². The summed E-state index contributed by atoms with van der Waals surface area (Å²) in [7, 11) is 0. The van der Waals surface area contributed by atoms with Crippen LogP contribution in [-0.2, 0) is 9.59 Å². The molecular weight excluding hydrogens is 284 g/mol. The molecule has 1 fully saturated rings. The summed E-state index contributed by atoms with van der Waals surface area (Å²) in [5.74, 6) is 2.99. The number of hydrogen-bond donors (Lipinski definition) is 1. The summed E-state index contributed by atoms with van der Waals surface area (Å²) < 4.78 is 11.0. The van der Waals surface area contributed by atoms with Gasteiger partial charge in [-0.2, -0.15) is 0 Å². The van der Waals surface area contributed by atoms with Crippen LogP contribution in [-0.4, -0.2) is 38.1 Å². The Morgan fingerprint density at radius 3 is 2.91 bits per heavy atom. The van der Waals surface area contributed by atoms with E-state index in [4.69, 9.17) is 15.9 Å². The Hall–Kier alpha value is -2.68. The molecule has 1 saturated heterocycles. The summed E-state index contributed by atoms with van der Waals surface area (Å²) in [6.45, 7) is 1.52. The lowest BCUT2D eigenvalue weighted by Crippen LogP contribution is -2.33. The number of fused-ring (bicyclic) bond motifs is 1. The fourth-order valence-electron chi connectivity index (χ4n) is 2.62. The van der Waals surface area contributed by atoms with E-state index in [1.54, 1.807) is 23.1 Å². The van der Waals surface area contributed by atoms with Gasteiger partial charge in [-0.1, -0.05) is 5.92 Å². The van der Waals surface area contributed by atoms with Gasteiger partial charge in [0.05, 0.1) is 12.5 Å². The molecule has 114 valence electrons. The minimum absolute atomic E-state index is 0.0856. The van der Waals surface area contributed by atoms with E-state index in [0.29, 0.717) is 36.9 Å². The average Bonchev–Trinajstić information content (AvgIpc) is 2.94. The summed E-state index contributed by atoms with van der Waals surface area (Å²) in [6.07, 6.45) is 5.30. The van der Waals surface area contributed by atoms with Gasteiger partial charge in [-0.3, -0.25) is 9.59 Å². The highest BCUT2D eigenvalue weighted by Gasteiger charge is 2.35. The zero-order chi connectivity index (χ0) is 15.5. The predicted molar refractivity (Wildman–Crippen MR) is 79.7 cm³/mol. The molecule has 1 N–H and O–H groups in total. The number of nitrogens with zero attached hydrogens (tertiary/aromatic N) is 1. The van der Waals surface area contributed by atoms with E-state index in [0.717, 1.165) is 0 Å². The van der Waals surface area contributed by atoms with E-state index in [1.807, 2.05) is 0 Å². The van der Waals surface area contributed by atoms with Crippen molar-refractivity contribution >= 4 is 17.5 Å². The topological polar surface area (TPSA) is 67.9 Å². The first-order chi connectivity index (χ1) is 10.7. The summed E-state index contributed by atoms with van der Waals surface area (Å²) in [5.41, 5.74) is 0.710. The van der Waals surface area contributed by atoms with Crippen molar-refractivity contribution in [1.29, 1.82) is 0 Å². The lowest BCUT2D eigenvalue weighted by atomic mass is 10.1. The fourth-order valence-corrected chi connectivity index (χ4v) is 2.62. The number of nitrogens with one attached hydrogen (secondary N) is 1. The molecule has 2 amide bonds. The molecule has 1 atom stereocenters. The molecule has 2 aliphatic rings. The van der Waals surface area contributed by atoms with Crippen molar-refractivity contribution in [1.82, 2.24) is 5.32 Å². The normalized spacial score (nSPS) is 19.7. The van der Waals surface area contributed by atoms with Crippen molar-refractivity contribution in [2.75, 3.05) is 31.2 Å². The highest BCUT2D eigenvalue weighted by Crippen LogP contribution is 2.35. The van der Waals surface area contributed by atoms with Crippen molar-refractivity contribution in [2.24, 2.45) is 5.92 Å². The van der Waals surface area contributed by atoms with E-state index < -0.39 is 0 Å². The number of benzene rings is 1. The molecule has 2 heterocycles. The van der Waals surface area contributed by atoms with Crippen LogP contribution >= 0.6 is 0 Å². The first-order valence-electron chi connectivity index (χ1n) is 7.10. The van der Waals surface area contributed by atoms with Crippen LogP contribution in [0.4, 0.5) is 5.69 Å². The Labute approximate surface area is 128 Å². The smallest absolute Gasteiger partial charge is 0.227 e. The van der Waals surface area contributed by atoms with E-state index in [2.05, 4.69) is 11.2 Å². The number of rotatable bonds is 3. The lowest BCUT2D eigenvalue weighted by Gasteiger charge is -2.22. The molecule has 0 bridgehead atoms. The third-order valence-electron chi connectivity index (χ3n) is 3.70. The molecule has 1 aromatic carbocycles. The number of hydrogen-bond acceptors (Lipinski definition) is 4. The minimum Gasteiger partial charge on any atom is -0.486 e. The number of ether oxygens (including phenoxy) is 2. The number of terminal acetylenes is 1. The van der Waals surface area contributed by atoms with Gasteiger partial charge < -0.3 is 19.7 Å². The molecule has 0 aromatic heterocycles. The van der Waals surface area contributed by atoms with E-state index >= 15 is 0 Å². The molecule has 6 nitrogen and oxygen atoms in total. The third kappa shape index (κ3) is 2.70. The SMILES string of the molecule is C#CCNC(=O)C1CC(=O)N(c2ccc3c(c2)OCCO3)C1. The van der Waals surface area contributed by atoms with Crippen molar-refractivity contribution in [3.8, 4) is 23.8 Å². The third-order valence-corrected chi connectivity index (χ3v) is 3.70. The van der Waals surface area contributed by atoms with Crippen LogP contribution in [0, 0.1) is 18.3 Å². The molecule has 0 aliphatic carbocycles. The first-order valence-corrected chi connectivity index (χ1v) is 7.10. The molecule has 0 spiro atoms. The Morgan fingerprint density at radius 2 is 2.14 bits per heavy atom. The number of carbonyl (C=O) groups excluding carboxylic acids is 2. The average molecular weight is 300 g/mol. The molecular formula is C16H16N2O4. The first kappa shape index (κ1) is 14.3. The Balaban J connectivity index is 1.74. The summed E-state index contributed by atoms with van der Waals surface area (Å²) in [5, 5.41) is 2.62. The molecule has 1 aromatic rings. The van der Waals surface area contributed by atoms with Crippen LogP contribution in [0.2, 0.25) is 0 Å². The highest BCUT2D eigenvalue weighted by atomic mass is 16.6. The van der Waals surface area contributed by atoms with Crippen LogP contribution in [0.25, 0.3) is 0 Å². The molecule has 0 saturated carbocycles. The summed E-state index contributed by atoms with van der Waals surface area (Å²) >= 11 is 0. The van der Waals surface area contributed by atoms with Gasteiger partial charge in [0.2, 0.25) is 11.8 Å². The number of carbonyl (C=O) groups is 2. The van der Waals surface area contributed by atoms with Gasteiger partial charge >= 0.3 is 0 Å². The van der Waals surface area contributed by atoms with Crippen molar-refractivity contribution in [2.45, 2.75) is 6.42 Å². The van der Waals surface area contributed by atoms with Crippen LogP contribution in [0.15, 0.2) is 18.2 Å². The molecule has 0 radical (unpaired) electrons. The van der Waals surface area contributed by atoms with Gasteiger partial charge in [0.1, 0.15) is 13.2 Å². The summed E-state index contributed by atoms with van der Waals surface area (Å²) in [6, 6.07) is 5.35. The Kier molecular flexibility index (Phi) is 3.88. The van der Waals surface area contributed by atoms with Crippen LogP contribution in [0.3, 0.4) is 0 Å². The highest BCUT2D eigenvalue weighted by molar-refractivity contribution is 6.00. The van der Waals surface area contributed by atoms with Gasteiger partial charge in [-0.15, -0.1) is 6.42 Å². The van der Waals surface area contributed by atoms with Crippen LogP contribution < -0.4 is 19.7 Å². The quantitative estimate of drug-likeness (QED) is 0.828. The number of anilines is 1. The standard InChI is InChI=1S/C16H16N2O4/c1-2-5-17-16(20)11-8-15(19)18(10-11)12-3-4-13-14(9-12)22-7-6-21-13/h1,3-4,9,11H,5-8,10H2,(H,17,20). The van der Waals surface area contributed by atoms with Gasteiger partial charge in [-0.05, 0) is 12.1 Å². The molecule has 1 unspecified atom stereocenters. The van der Waals surface area contributed by atoms with Crippen molar-refractivity contribution in [3.63, 3.8) is 0 Å². The second kappa shape index (κ2) is 5.98. The Bertz CT molecular complexity index is 650. The Morgan fingerprint density at radius 1 is 1.36 bits per heavy atom. The van der Waals surface area contributed by atoms with Gasteiger partial charge in [0.25, 0.3) is 0 Å². The lowest BCUT2D eigenvalue weighted by molar-refractivity contribution is -0.126. The molecule has 3 rings (SSSR count). The van der Waals surface area contributed by atoms with E-state index in [1.165, 1.54) is 0 Å². The van der Waals surface area contributed by atoms with Gasteiger partial charge in [-0.25, -0.2) is 0 Å². The van der Waals surface area contributed by atoms with Crippen molar-refractivity contribution < 1.29 is 19.1 Å².